The van der Waals surface area contributed by atoms with Crippen LogP contribution in [0.15, 0.2) is 54.9 Å². The lowest BCUT2D eigenvalue weighted by atomic mass is 10.1. The predicted molar refractivity (Wildman–Crippen MR) is 74.9 cm³/mol. The van der Waals surface area contributed by atoms with Crippen molar-refractivity contribution in [3.63, 3.8) is 0 Å². The lowest BCUT2D eigenvalue weighted by Gasteiger charge is -2.10. The molecule has 4 nitrogen and oxygen atoms in total. The monoisotopic (exact) mass is 268 g/mol. The molecule has 1 aromatic heterocycles. The molecule has 0 N–H and O–H groups in total. The van der Waals surface area contributed by atoms with E-state index in [0.717, 1.165) is 5.56 Å². The summed E-state index contributed by atoms with van der Waals surface area (Å²) >= 11 is 0. The minimum absolute atomic E-state index is 0.0927. The van der Waals surface area contributed by atoms with Crippen molar-refractivity contribution < 1.29 is 9.53 Å². The summed E-state index contributed by atoms with van der Waals surface area (Å²) in [5.74, 6) is -0.515. The second-order valence-corrected chi connectivity index (χ2v) is 4.51. The van der Waals surface area contributed by atoms with Crippen molar-refractivity contribution in [3.05, 3.63) is 60.4 Å². The summed E-state index contributed by atoms with van der Waals surface area (Å²) in [6.07, 6.45) is 3.53. The summed E-state index contributed by atoms with van der Waals surface area (Å²) in [6, 6.07) is 15.4. The molecule has 1 atom stereocenters. The normalized spacial score (nSPS) is 11.8. The number of ether oxygens (including phenoxy) is 1. The van der Waals surface area contributed by atoms with Crippen LogP contribution in [0.2, 0.25) is 0 Å². The van der Waals surface area contributed by atoms with Gasteiger partial charge in [0.05, 0.1) is 25.2 Å². The van der Waals surface area contributed by atoms with Gasteiger partial charge in [0.25, 0.3) is 0 Å². The predicted octanol–water partition coefficient (Wildman–Crippen LogP) is 2.87. The Morgan fingerprint density at radius 3 is 2.55 bits per heavy atom. The van der Waals surface area contributed by atoms with Gasteiger partial charge in [-0.25, -0.2) is 0 Å². The van der Waals surface area contributed by atoms with Gasteiger partial charge in [0.1, 0.15) is 0 Å². The average Bonchev–Trinajstić information content (AvgIpc) is 3.01. The van der Waals surface area contributed by atoms with E-state index >= 15 is 0 Å². The summed E-state index contributed by atoms with van der Waals surface area (Å²) in [4.78, 5) is 11.9. The Morgan fingerprint density at radius 2 is 1.90 bits per heavy atom. The number of hydrogen-bond acceptors (Lipinski definition) is 3. The first-order valence-corrected chi connectivity index (χ1v) is 6.47. The molecule has 0 aliphatic carbocycles. The van der Waals surface area contributed by atoms with E-state index in [4.69, 9.17) is 10.00 Å². The van der Waals surface area contributed by atoms with Crippen LogP contribution in [0.1, 0.15) is 16.8 Å². The molecule has 4 heteroatoms. The highest BCUT2D eigenvalue weighted by atomic mass is 16.5. The van der Waals surface area contributed by atoms with Gasteiger partial charge >= 0.3 is 0 Å². The number of nitriles is 1. The maximum Gasteiger partial charge on any atom is 0.231 e. The van der Waals surface area contributed by atoms with Gasteiger partial charge in [0.2, 0.25) is 5.91 Å². The van der Waals surface area contributed by atoms with Crippen molar-refractivity contribution in [1.82, 2.24) is 4.57 Å². The van der Waals surface area contributed by atoms with E-state index in [2.05, 4.69) is 6.07 Å². The van der Waals surface area contributed by atoms with E-state index in [-0.39, 0.29) is 18.9 Å². The largest absolute Gasteiger partial charge is 0.375 e. The highest BCUT2D eigenvalue weighted by Gasteiger charge is 2.14. The van der Waals surface area contributed by atoms with Gasteiger partial charge in [-0.05, 0) is 17.7 Å². The zero-order valence-electron chi connectivity index (χ0n) is 11.1. The van der Waals surface area contributed by atoms with Crippen molar-refractivity contribution in [1.29, 1.82) is 5.26 Å². The Labute approximate surface area is 118 Å². The van der Waals surface area contributed by atoms with Crippen LogP contribution in [0.5, 0.6) is 0 Å². The molecule has 1 aromatic carbocycles. The average molecular weight is 268 g/mol. The van der Waals surface area contributed by atoms with E-state index in [9.17, 15) is 4.79 Å². The van der Waals surface area contributed by atoms with Gasteiger partial charge in [-0.1, -0.05) is 30.3 Å². The van der Waals surface area contributed by atoms with Gasteiger partial charge in [-0.2, -0.15) is 5.26 Å². The third kappa shape index (κ3) is 4.08. The molecule has 2 aromatic rings. The Bertz CT molecular complexity index is 570. The smallest absolute Gasteiger partial charge is 0.231 e. The van der Waals surface area contributed by atoms with Gasteiger partial charge in [-0.3, -0.25) is 9.36 Å². The summed E-state index contributed by atoms with van der Waals surface area (Å²) in [5.41, 5.74) is 1.06. The van der Waals surface area contributed by atoms with E-state index in [1.165, 1.54) is 4.57 Å². The zero-order valence-corrected chi connectivity index (χ0v) is 11.1. The van der Waals surface area contributed by atoms with Crippen LogP contribution in [-0.4, -0.2) is 17.1 Å². The Kier molecular flexibility index (Phi) is 5.10. The molecule has 20 heavy (non-hydrogen) atoms. The first-order valence-electron chi connectivity index (χ1n) is 6.47. The third-order valence-electron chi connectivity index (χ3n) is 2.93. The Balaban J connectivity index is 1.78. The van der Waals surface area contributed by atoms with Crippen molar-refractivity contribution in [3.8, 4) is 6.07 Å². The molecule has 0 saturated heterocycles. The molecule has 0 amide bonds. The molecule has 0 unspecified atom stereocenters. The quantitative estimate of drug-likeness (QED) is 0.809. The van der Waals surface area contributed by atoms with Crippen LogP contribution < -0.4 is 0 Å². The fraction of sp³-hybridized carbons (Fsp3) is 0.250. The second-order valence-electron chi connectivity index (χ2n) is 4.51. The highest BCUT2D eigenvalue weighted by molar-refractivity contribution is 5.79. The number of aromatic nitrogens is 1. The SMILES string of the molecule is N#C[C@@H](COCc1ccccc1)CC(=O)n1cccc1. The summed E-state index contributed by atoms with van der Waals surface area (Å²) < 4.78 is 6.99. The van der Waals surface area contributed by atoms with Crippen molar-refractivity contribution in [2.75, 3.05) is 6.61 Å². The molecule has 2 rings (SSSR count). The van der Waals surface area contributed by atoms with E-state index in [0.29, 0.717) is 6.61 Å². The van der Waals surface area contributed by atoms with Crippen LogP contribution in [0, 0.1) is 17.2 Å². The standard InChI is InChI=1S/C16H16N2O2/c17-11-15(10-16(19)18-8-4-5-9-18)13-20-12-14-6-2-1-3-7-14/h1-9,15H,10,12-13H2/t15-/m0/s1. The molecule has 0 bridgehead atoms. The number of carbonyl (C=O) groups is 1. The van der Waals surface area contributed by atoms with Crippen molar-refractivity contribution >= 4 is 5.91 Å². The van der Waals surface area contributed by atoms with E-state index < -0.39 is 5.92 Å². The Hall–Kier alpha value is -2.38. The van der Waals surface area contributed by atoms with Crippen LogP contribution >= 0.6 is 0 Å². The van der Waals surface area contributed by atoms with Crippen molar-refractivity contribution in [2.45, 2.75) is 13.0 Å². The topological polar surface area (TPSA) is 55.0 Å². The van der Waals surface area contributed by atoms with Gasteiger partial charge < -0.3 is 4.74 Å². The molecule has 0 radical (unpaired) electrons. The number of carbonyl (C=O) groups excluding carboxylic acids is 1. The van der Waals surface area contributed by atoms with Gasteiger partial charge in [0, 0.05) is 18.8 Å². The molecule has 0 aliphatic rings. The number of nitrogens with zero attached hydrogens (tertiary/aromatic N) is 2. The Morgan fingerprint density at radius 1 is 1.20 bits per heavy atom. The maximum absolute atomic E-state index is 11.9. The van der Waals surface area contributed by atoms with Gasteiger partial charge in [0.15, 0.2) is 0 Å². The number of rotatable bonds is 6. The van der Waals surface area contributed by atoms with Crippen LogP contribution in [0.3, 0.4) is 0 Å². The molecule has 0 aliphatic heterocycles. The molecular formula is C16H16N2O2. The fourth-order valence-electron chi connectivity index (χ4n) is 1.85. The molecule has 0 fully saturated rings. The van der Waals surface area contributed by atoms with Gasteiger partial charge in [-0.15, -0.1) is 0 Å². The third-order valence-corrected chi connectivity index (χ3v) is 2.93. The summed E-state index contributed by atoms with van der Waals surface area (Å²) in [7, 11) is 0. The highest BCUT2D eigenvalue weighted by Crippen LogP contribution is 2.08. The molecule has 0 spiro atoms. The first-order chi connectivity index (χ1) is 9.79. The molecule has 102 valence electrons. The zero-order chi connectivity index (χ0) is 14.2. The first kappa shape index (κ1) is 14.0. The van der Waals surface area contributed by atoms with Crippen LogP contribution in [0.25, 0.3) is 0 Å². The lowest BCUT2D eigenvalue weighted by molar-refractivity contribution is 0.0778. The molecular weight excluding hydrogens is 252 g/mol. The second kappa shape index (κ2) is 7.27. The van der Waals surface area contributed by atoms with E-state index in [1.54, 1.807) is 24.5 Å². The summed E-state index contributed by atoms with van der Waals surface area (Å²) in [6.45, 7) is 0.717. The number of hydrogen-bond donors (Lipinski definition) is 0. The minimum Gasteiger partial charge on any atom is -0.375 e. The van der Waals surface area contributed by atoms with Crippen molar-refractivity contribution in [2.24, 2.45) is 5.92 Å². The molecule has 0 saturated carbocycles. The van der Waals surface area contributed by atoms with Crippen LogP contribution in [0.4, 0.5) is 0 Å². The fourth-order valence-corrected chi connectivity index (χ4v) is 1.85. The lowest BCUT2D eigenvalue weighted by Crippen LogP contribution is -2.17. The number of benzene rings is 1. The molecule has 1 heterocycles. The summed E-state index contributed by atoms with van der Waals surface area (Å²) in [5, 5.41) is 9.08. The van der Waals surface area contributed by atoms with Crippen LogP contribution in [-0.2, 0) is 11.3 Å². The van der Waals surface area contributed by atoms with E-state index in [1.807, 2.05) is 30.3 Å². The minimum atomic E-state index is -0.423. The maximum atomic E-state index is 11.9.